The van der Waals surface area contributed by atoms with Crippen molar-refractivity contribution in [3.8, 4) is 5.88 Å². The van der Waals surface area contributed by atoms with Crippen molar-refractivity contribution >= 4 is 22.6 Å². The van der Waals surface area contributed by atoms with Gasteiger partial charge in [0.2, 0.25) is 5.88 Å². The Morgan fingerprint density at radius 2 is 1.65 bits per heavy atom. The van der Waals surface area contributed by atoms with E-state index in [1.165, 1.54) is 0 Å². The molecule has 0 saturated heterocycles. The highest BCUT2D eigenvalue weighted by atomic mass is 16.4. The van der Waals surface area contributed by atoms with E-state index in [1.807, 2.05) is 77.5 Å². The predicted molar refractivity (Wildman–Crippen MR) is 101 cm³/mol. The van der Waals surface area contributed by atoms with Gasteiger partial charge in [-0.15, -0.1) is 0 Å². The van der Waals surface area contributed by atoms with Gasteiger partial charge in [0.25, 0.3) is 5.97 Å². The Balaban J connectivity index is 0.000000447. The zero-order valence-corrected chi connectivity index (χ0v) is 14.2. The molecule has 5 heteroatoms. The molecule has 2 N–H and O–H groups in total. The van der Waals surface area contributed by atoms with Gasteiger partial charge < -0.3 is 9.52 Å². The topological polar surface area (TPSA) is 79.2 Å². The molecule has 2 aromatic carbocycles. The molecular weight excluding hydrogens is 328 g/mol. The number of benzene rings is 2. The Kier molecular flexibility index (Phi) is 4.99. The van der Waals surface area contributed by atoms with E-state index < -0.39 is 5.97 Å². The van der Waals surface area contributed by atoms with Crippen LogP contribution in [0.15, 0.2) is 83.6 Å². The van der Waals surface area contributed by atoms with Crippen LogP contribution in [0.5, 0.6) is 0 Å². The Hall–Kier alpha value is -3.60. The van der Waals surface area contributed by atoms with Crippen LogP contribution in [-0.4, -0.2) is 21.4 Å². The average molecular weight is 346 g/mol. The lowest BCUT2D eigenvalue weighted by atomic mass is 10.0. The third-order valence-corrected chi connectivity index (χ3v) is 3.79. The van der Waals surface area contributed by atoms with Crippen LogP contribution < -0.4 is 0 Å². The molecule has 130 valence electrons. The molecule has 0 unspecified atom stereocenters. The fourth-order valence-electron chi connectivity index (χ4n) is 2.73. The van der Waals surface area contributed by atoms with Crippen molar-refractivity contribution in [2.75, 3.05) is 0 Å². The highest BCUT2D eigenvalue weighted by molar-refractivity contribution is 6.18. The van der Waals surface area contributed by atoms with Gasteiger partial charge in [-0.3, -0.25) is 14.8 Å². The molecule has 0 fully saturated rings. The van der Waals surface area contributed by atoms with E-state index in [0.717, 1.165) is 34.8 Å². The quantitative estimate of drug-likeness (QED) is 0.526. The lowest BCUT2D eigenvalue weighted by Crippen LogP contribution is -2.00. The van der Waals surface area contributed by atoms with Gasteiger partial charge in [0, 0.05) is 35.7 Å². The number of aromatic nitrogens is 1. The standard InChI is InChI=1S/C19H14N2O.C2H4O2/c20-19(14-7-2-1-3-8-14)16-13-21(18-11-6-12-22-18)17-10-5-4-9-15(16)17;1-2(3)4/h1-13,20H;1H3,(H,3,4). The summed E-state index contributed by atoms with van der Waals surface area (Å²) in [6, 6.07) is 21.7. The molecule has 26 heavy (non-hydrogen) atoms. The van der Waals surface area contributed by atoms with Gasteiger partial charge in [-0.05, 0) is 12.1 Å². The van der Waals surface area contributed by atoms with E-state index >= 15 is 0 Å². The molecule has 0 atom stereocenters. The zero-order chi connectivity index (χ0) is 18.5. The van der Waals surface area contributed by atoms with E-state index in [0.29, 0.717) is 5.71 Å². The van der Waals surface area contributed by atoms with Gasteiger partial charge in [-0.2, -0.15) is 0 Å². The van der Waals surface area contributed by atoms with Crippen molar-refractivity contribution in [3.63, 3.8) is 0 Å². The summed E-state index contributed by atoms with van der Waals surface area (Å²) in [6.07, 6.45) is 3.63. The fraction of sp³-hybridized carbons (Fsp3) is 0.0476. The number of aliphatic carboxylic acids is 1. The number of carbonyl (C=O) groups is 1. The second-order valence-corrected chi connectivity index (χ2v) is 5.64. The van der Waals surface area contributed by atoms with Gasteiger partial charge in [0.1, 0.15) is 0 Å². The third kappa shape index (κ3) is 3.57. The molecule has 0 aliphatic heterocycles. The molecule has 0 radical (unpaired) electrons. The minimum Gasteiger partial charge on any atom is -0.481 e. The van der Waals surface area contributed by atoms with Crippen molar-refractivity contribution in [1.82, 2.24) is 4.57 Å². The number of hydrogen-bond acceptors (Lipinski definition) is 3. The molecule has 4 rings (SSSR count). The maximum Gasteiger partial charge on any atom is 0.300 e. The smallest absolute Gasteiger partial charge is 0.300 e. The Morgan fingerprint density at radius 1 is 1.00 bits per heavy atom. The molecule has 5 nitrogen and oxygen atoms in total. The summed E-state index contributed by atoms with van der Waals surface area (Å²) in [7, 11) is 0. The number of nitrogens with zero attached hydrogens (tertiary/aromatic N) is 1. The number of carboxylic acids is 1. The van der Waals surface area contributed by atoms with Gasteiger partial charge in [-0.1, -0.05) is 48.5 Å². The van der Waals surface area contributed by atoms with Crippen molar-refractivity contribution in [2.24, 2.45) is 0 Å². The normalized spacial score (nSPS) is 10.2. The molecule has 0 aliphatic rings. The van der Waals surface area contributed by atoms with Crippen molar-refractivity contribution < 1.29 is 14.3 Å². The van der Waals surface area contributed by atoms with Gasteiger partial charge in [-0.25, -0.2) is 0 Å². The van der Waals surface area contributed by atoms with Crippen LogP contribution in [0, 0.1) is 5.41 Å². The van der Waals surface area contributed by atoms with E-state index in [2.05, 4.69) is 0 Å². The third-order valence-electron chi connectivity index (χ3n) is 3.79. The van der Waals surface area contributed by atoms with E-state index in [9.17, 15) is 0 Å². The summed E-state index contributed by atoms with van der Waals surface area (Å²) in [5.41, 5.74) is 3.36. The molecule has 0 spiro atoms. The van der Waals surface area contributed by atoms with Crippen molar-refractivity contribution in [2.45, 2.75) is 6.92 Å². The highest BCUT2D eigenvalue weighted by Gasteiger charge is 2.15. The van der Waals surface area contributed by atoms with Crippen LogP contribution in [0.2, 0.25) is 0 Å². The van der Waals surface area contributed by atoms with Crippen LogP contribution in [0.4, 0.5) is 0 Å². The Labute approximate surface area is 150 Å². The maximum atomic E-state index is 9.00. The molecule has 0 bridgehead atoms. The molecule has 0 saturated carbocycles. The number of para-hydroxylation sites is 1. The van der Waals surface area contributed by atoms with Gasteiger partial charge >= 0.3 is 0 Å². The minimum absolute atomic E-state index is 0.516. The summed E-state index contributed by atoms with van der Waals surface area (Å²) < 4.78 is 7.51. The predicted octanol–water partition coefficient (Wildman–Crippen LogP) is 4.73. The lowest BCUT2D eigenvalue weighted by molar-refractivity contribution is -0.134. The van der Waals surface area contributed by atoms with E-state index in [4.69, 9.17) is 19.7 Å². The first-order valence-electron chi connectivity index (χ1n) is 8.06. The lowest BCUT2D eigenvalue weighted by Gasteiger charge is -2.02. The van der Waals surface area contributed by atoms with E-state index in [1.54, 1.807) is 6.26 Å². The summed E-state index contributed by atoms with van der Waals surface area (Å²) >= 11 is 0. The maximum absolute atomic E-state index is 9.00. The van der Waals surface area contributed by atoms with Crippen LogP contribution in [0.1, 0.15) is 18.1 Å². The molecule has 0 aliphatic carbocycles. The first-order valence-corrected chi connectivity index (χ1v) is 8.06. The number of furan rings is 1. The summed E-state index contributed by atoms with van der Waals surface area (Å²) in [5.74, 6) is -0.0803. The highest BCUT2D eigenvalue weighted by Crippen LogP contribution is 2.26. The van der Waals surface area contributed by atoms with Crippen LogP contribution in [-0.2, 0) is 4.79 Å². The minimum atomic E-state index is -0.833. The molecular formula is C21H18N2O3. The second kappa shape index (κ2) is 7.53. The van der Waals surface area contributed by atoms with Gasteiger partial charge in [0.15, 0.2) is 0 Å². The van der Waals surface area contributed by atoms with E-state index in [-0.39, 0.29) is 0 Å². The summed E-state index contributed by atoms with van der Waals surface area (Å²) in [6.45, 7) is 1.08. The Bertz CT molecular complexity index is 1030. The first-order chi connectivity index (χ1) is 12.6. The van der Waals surface area contributed by atoms with Crippen LogP contribution in [0.25, 0.3) is 16.8 Å². The monoisotopic (exact) mass is 346 g/mol. The summed E-state index contributed by atoms with van der Waals surface area (Å²) in [5, 5.41) is 17.0. The number of carboxylic acid groups (broad SMARTS) is 1. The zero-order valence-electron chi connectivity index (χ0n) is 14.2. The molecule has 2 heterocycles. The second-order valence-electron chi connectivity index (χ2n) is 5.64. The number of nitrogens with one attached hydrogen (secondary N) is 1. The van der Waals surface area contributed by atoms with Crippen LogP contribution >= 0.6 is 0 Å². The first kappa shape index (κ1) is 17.2. The average Bonchev–Trinajstić information content (AvgIpc) is 3.29. The van der Waals surface area contributed by atoms with Crippen LogP contribution in [0.3, 0.4) is 0 Å². The SMILES string of the molecule is CC(=O)O.N=C(c1ccccc1)c1cn(-c2ccco2)c2ccccc12. The fourth-order valence-corrected chi connectivity index (χ4v) is 2.73. The number of fused-ring (bicyclic) bond motifs is 1. The summed E-state index contributed by atoms with van der Waals surface area (Å²) in [4.78, 5) is 9.00. The Morgan fingerprint density at radius 3 is 2.31 bits per heavy atom. The number of rotatable bonds is 3. The molecule has 0 amide bonds. The largest absolute Gasteiger partial charge is 0.481 e. The molecule has 4 aromatic rings. The van der Waals surface area contributed by atoms with Crippen molar-refractivity contribution in [1.29, 1.82) is 5.41 Å². The number of hydrogen-bond donors (Lipinski definition) is 2. The van der Waals surface area contributed by atoms with Gasteiger partial charge in [0.05, 0.1) is 17.5 Å². The van der Waals surface area contributed by atoms with Crippen molar-refractivity contribution in [3.05, 3.63) is 90.3 Å². The molecule has 2 aromatic heterocycles.